The van der Waals surface area contributed by atoms with Crippen molar-refractivity contribution in [2.45, 2.75) is 33.7 Å². The predicted octanol–water partition coefficient (Wildman–Crippen LogP) is 2.69. The van der Waals surface area contributed by atoms with Gasteiger partial charge in [-0.05, 0) is 50.5 Å². The zero-order valence-electron chi connectivity index (χ0n) is 16.8. The van der Waals surface area contributed by atoms with Crippen molar-refractivity contribution in [3.8, 4) is 5.75 Å². The first-order valence-corrected chi connectivity index (χ1v) is 9.08. The van der Waals surface area contributed by atoms with E-state index in [9.17, 15) is 0 Å². The average molecular weight is 358 g/mol. The molecule has 6 heteroatoms. The molecule has 1 aromatic heterocycles. The number of aliphatic imine (C=N–C) groups is 1. The van der Waals surface area contributed by atoms with Gasteiger partial charge in [-0.1, -0.05) is 12.1 Å². The number of rotatable bonds is 7. The number of nitrogens with zero attached hydrogens (tertiary/aromatic N) is 4. The van der Waals surface area contributed by atoms with Crippen molar-refractivity contribution in [1.29, 1.82) is 0 Å². The summed E-state index contributed by atoms with van der Waals surface area (Å²) >= 11 is 0. The van der Waals surface area contributed by atoms with E-state index < -0.39 is 0 Å². The second-order valence-corrected chi connectivity index (χ2v) is 6.43. The van der Waals surface area contributed by atoms with Crippen LogP contribution in [0.4, 0.5) is 0 Å². The lowest BCUT2D eigenvalue weighted by atomic mass is 10.1. The lowest BCUT2D eigenvalue weighted by molar-refractivity contribution is 0.340. The number of nitrogens with one attached hydrogen (secondary N) is 1. The number of hydrogen-bond donors (Lipinski definition) is 1. The first-order valence-electron chi connectivity index (χ1n) is 9.08. The summed E-state index contributed by atoms with van der Waals surface area (Å²) in [5, 5.41) is 7.93. The number of benzene rings is 1. The van der Waals surface area contributed by atoms with Crippen LogP contribution in [0.3, 0.4) is 0 Å². The fraction of sp³-hybridized carbons (Fsp3) is 0.500. The van der Waals surface area contributed by atoms with Crippen molar-refractivity contribution in [3.63, 3.8) is 0 Å². The summed E-state index contributed by atoms with van der Waals surface area (Å²) in [6, 6.07) is 8.21. The summed E-state index contributed by atoms with van der Waals surface area (Å²) < 4.78 is 7.44. The van der Waals surface area contributed by atoms with Gasteiger partial charge in [-0.2, -0.15) is 5.10 Å². The molecule has 142 valence electrons. The zero-order valence-corrected chi connectivity index (χ0v) is 16.8. The summed E-state index contributed by atoms with van der Waals surface area (Å²) in [7, 11) is 5.85. The smallest absolute Gasteiger partial charge is 0.193 e. The summed E-state index contributed by atoms with van der Waals surface area (Å²) in [6.07, 6.45) is 0.932. The van der Waals surface area contributed by atoms with E-state index in [1.807, 2.05) is 44.9 Å². The SMILES string of the molecule is CCOc1ccc(CN(C)C(=NC)NCCc2c(C)nn(C)c2C)cc1. The van der Waals surface area contributed by atoms with Crippen LogP contribution in [0.5, 0.6) is 5.75 Å². The number of ether oxygens (including phenoxy) is 1. The van der Waals surface area contributed by atoms with Crippen LogP contribution in [0.15, 0.2) is 29.3 Å². The second kappa shape index (κ2) is 9.27. The maximum absolute atomic E-state index is 5.49. The molecule has 26 heavy (non-hydrogen) atoms. The summed E-state index contributed by atoms with van der Waals surface area (Å²) in [5.74, 6) is 1.79. The Morgan fingerprint density at radius 3 is 2.50 bits per heavy atom. The normalized spacial score (nSPS) is 11.5. The molecule has 1 N–H and O–H groups in total. The van der Waals surface area contributed by atoms with Crippen molar-refractivity contribution in [1.82, 2.24) is 20.0 Å². The Bertz CT molecular complexity index is 733. The molecule has 2 aromatic rings. The first-order chi connectivity index (χ1) is 12.5. The molecule has 0 saturated heterocycles. The van der Waals surface area contributed by atoms with Crippen LogP contribution < -0.4 is 10.1 Å². The predicted molar refractivity (Wildman–Crippen MR) is 107 cm³/mol. The highest BCUT2D eigenvalue weighted by Gasteiger charge is 2.11. The van der Waals surface area contributed by atoms with E-state index in [0.717, 1.165) is 36.9 Å². The van der Waals surface area contributed by atoms with Crippen molar-refractivity contribution in [2.24, 2.45) is 12.0 Å². The fourth-order valence-corrected chi connectivity index (χ4v) is 3.07. The van der Waals surface area contributed by atoms with Crippen LogP contribution in [0.2, 0.25) is 0 Å². The van der Waals surface area contributed by atoms with E-state index in [0.29, 0.717) is 6.61 Å². The van der Waals surface area contributed by atoms with Gasteiger partial charge in [-0.15, -0.1) is 0 Å². The summed E-state index contributed by atoms with van der Waals surface area (Å²) in [6.45, 7) is 8.47. The molecular formula is C20H31N5O. The topological polar surface area (TPSA) is 54.7 Å². The minimum atomic E-state index is 0.686. The van der Waals surface area contributed by atoms with E-state index in [2.05, 4.69) is 46.3 Å². The molecule has 1 heterocycles. The maximum atomic E-state index is 5.49. The molecule has 0 bridgehead atoms. The van der Waals surface area contributed by atoms with E-state index >= 15 is 0 Å². The third-order valence-electron chi connectivity index (χ3n) is 4.54. The Hall–Kier alpha value is -2.50. The molecule has 0 saturated carbocycles. The Kier molecular flexibility index (Phi) is 7.06. The summed E-state index contributed by atoms with van der Waals surface area (Å²) in [5.41, 5.74) is 4.86. The van der Waals surface area contributed by atoms with Crippen molar-refractivity contribution in [3.05, 3.63) is 46.8 Å². The molecule has 6 nitrogen and oxygen atoms in total. The van der Waals surface area contributed by atoms with Gasteiger partial charge >= 0.3 is 0 Å². The molecule has 2 rings (SSSR count). The average Bonchev–Trinajstić information content (AvgIpc) is 2.86. The van der Waals surface area contributed by atoms with E-state index in [-0.39, 0.29) is 0 Å². The van der Waals surface area contributed by atoms with Gasteiger partial charge in [0.25, 0.3) is 0 Å². The van der Waals surface area contributed by atoms with Gasteiger partial charge in [0.15, 0.2) is 5.96 Å². The lowest BCUT2D eigenvalue weighted by Crippen LogP contribution is -2.39. The largest absolute Gasteiger partial charge is 0.494 e. The highest BCUT2D eigenvalue weighted by Crippen LogP contribution is 2.14. The zero-order chi connectivity index (χ0) is 19.1. The van der Waals surface area contributed by atoms with Crippen molar-refractivity contribution < 1.29 is 4.74 Å². The van der Waals surface area contributed by atoms with Gasteiger partial charge in [-0.3, -0.25) is 9.67 Å². The highest BCUT2D eigenvalue weighted by atomic mass is 16.5. The Morgan fingerprint density at radius 1 is 1.27 bits per heavy atom. The third-order valence-corrected chi connectivity index (χ3v) is 4.54. The fourth-order valence-electron chi connectivity index (χ4n) is 3.07. The molecule has 0 aliphatic carbocycles. The van der Waals surface area contributed by atoms with E-state index in [4.69, 9.17) is 4.74 Å². The molecule has 0 fully saturated rings. The minimum Gasteiger partial charge on any atom is -0.494 e. The Morgan fingerprint density at radius 2 is 1.96 bits per heavy atom. The number of hydrogen-bond acceptors (Lipinski definition) is 3. The molecule has 0 amide bonds. The van der Waals surface area contributed by atoms with E-state index in [1.54, 1.807) is 0 Å². The number of aromatic nitrogens is 2. The minimum absolute atomic E-state index is 0.686. The molecule has 0 aliphatic heterocycles. The van der Waals surface area contributed by atoms with Crippen LogP contribution in [-0.2, 0) is 20.0 Å². The molecule has 0 unspecified atom stereocenters. The van der Waals surface area contributed by atoms with Gasteiger partial charge < -0.3 is 15.0 Å². The molecule has 0 aliphatic rings. The third kappa shape index (κ3) is 5.00. The Balaban J connectivity index is 1.89. The first kappa shape index (κ1) is 19.8. The maximum Gasteiger partial charge on any atom is 0.193 e. The highest BCUT2D eigenvalue weighted by molar-refractivity contribution is 5.79. The number of aryl methyl sites for hydroxylation is 2. The van der Waals surface area contributed by atoms with Gasteiger partial charge in [0.2, 0.25) is 0 Å². The monoisotopic (exact) mass is 357 g/mol. The summed E-state index contributed by atoms with van der Waals surface area (Å²) in [4.78, 5) is 6.52. The van der Waals surface area contributed by atoms with Gasteiger partial charge in [0, 0.05) is 39.9 Å². The van der Waals surface area contributed by atoms with Crippen molar-refractivity contribution >= 4 is 5.96 Å². The van der Waals surface area contributed by atoms with Crippen LogP contribution in [-0.4, -0.2) is 47.9 Å². The van der Waals surface area contributed by atoms with Gasteiger partial charge in [-0.25, -0.2) is 0 Å². The molecule has 0 atom stereocenters. The quantitative estimate of drug-likeness (QED) is 0.611. The van der Waals surface area contributed by atoms with Crippen LogP contribution in [0, 0.1) is 13.8 Å². The molecule has 0 spiro atoms. The van der Waals surface area contributed by atoms with Crippen LogP contribution >= 0.6 is 0 Å². The Labute approximate surface area is 156 Å². The van der Waals surface area contributed by atoms with Crippen LogP contribution in [0.1, 0.15) is 29.4 Å². The van der Waals surface area contributed by atoms with Gasteiger partial charge in [0.05, 0.1) is 12.3 Å². The molecule has 1 aromatic carbocycles. The number of guanidine groups is 1. The van der Waals surface area contributed by atoms with Crippen LogP contribution in [0.25, 0.3) is 0 Å². The van der Waals surface area contributed by atoms with E-state index in [1.165, 1.54) is 16.8 Å². The second-order valence-electron chi connectivity index (χ2n) is 6.43. The molecule has 0 radical (unpaired) electrons. The molecular weight excluding hydrogens is 326 g/mol. The van der Waals surface area contributed by atoms with Gasteiger partial charge in [0.1, 0.15) is 5.75 Å². The standard InChI is InChI=1S/C20H31N5O/c1-7-26-18-10-8-17(9-11-18)14-24(5)20(21-4)22-13-12-19-15(2)23-25(6)16(19)3/h8-11H,7,12-14H2,1-6H3,(H,21,22). The lowest BCUT2D eigenvalue weighted by Gasteiger charge is -2.22. The van der Waals surface area contributed by atoms with Crippen molar-refractivity contribution in [2.75, 3.05) is 27.2 Å².